The van der Waals surface area contributed by atoms with Gasteiger partial charge in [-0.05, 0) is 29.5 Å². The Labute approximate surface area is 166 Å². The molecule has 0 bridgehead atoms. The maximum Gasteiger partial charge on any atom is 0.317 e. The molecular weight excluding hydrogens is 350 g/mol. The van der Waals surface area contributed by atoms with Gasteiger partial charge in [0.05, 0.1) is 0 Å². The normalized spacial score (nSPS) is 19.0. The molecule has 0 radical (unpaired) electrons. The van der Waals surface area contributed by atoms with Crippen LogP contribution in [0.25, 0.3) is 11.1 Å². The SMILES string of the molecule is CN(Cc1ccc(-c2ccccc2)cc1)C(=O)NC[C@H]1CC(=O)N(C2CC2)C1. The highest BCUT2D eigenvalue weighted by atomic mass is 16.2. The van der Waals surface area contributed by atoms with Crippen LogP contribution < -0.4 is 5.32 Å². The molecule has 4 rings (SSSR count). The van der Waals surface area contributed by atoms with Crippen LogP contribution >= 0.6 is 0 Å². The quantitative estimate of drug-likeness (QED) is 0.838. The summed E-state index contributed by atoms with van der Waals surface area (Å²) in [4.78, 5) is 28.1. The predicted octanol–water partition coefficient (Wildman–Crippen LogP) is 3.51. The van der Waals surface area contributed by atoms with Crippen molar-refractivity contribution in [1.82, 2.24) is 15.1 Å². The van der Waals surface area contributed by atoms with E-state index in [1.807, 2.05) is 23.1 Å². The number of carbonyl (C=O) groups excluding carboxylic acids is 2. The Morgan fingerprint density at radius 2 is 1.75 bits per heavy atom. The number of nitrogens with zero attached hydrogens (tertiary/aromatic N) is 2. The van der Waals surface area contributed by atoms with Crippen molar-refractivity contribution in [3.63, 3.8) is 0 Å². The van der Waals surface area contributed by atoms with Crippen LogP contribution in [0, 0.1) is 5.92 Å². The van der Waals surface area contributed by atoms with E-state index in [-0.39, 0.29) is 17.9 Å². The van der Waals surface area contributed by atoms with Gasteiger partial charge in [0.2, 0.25) is 5.91 Å². The molecule has 2 aliphatic rings. The summed E-state index contributed by atoms with van der Waals surface area (Å²) in [5.74, 6) is 0.476. The van der Waals surface area contributed by atoms with Crippen molar-refractivity contribution >= 4 is 11.9 Å². The third-order valence-electron chi connectivity index (χ3n) is 5.60. The van der Waals surface area contributed by atoms with Crippen LogP contribution in [0.1, 0.15) is 24.8 Å². The summed E-state index contributed by atoms with van der Waals surface area (Å²) in [6, 6.07) is 18.9. The van der Waals surface area contributed by atoms with E-state index in [9.17, 15) is 9.59 Å². The van der Waals surface area contributed by atoms with E-state index in [0.29, 0.717) is 25.6 Å². The number of nitrogens with one attached hydrogen (secondary N) is 1. The second kappa shape index (κ2) is 8.05. The Morgan fingerprint density at radius 1 is 1.07 bits per heavy atom. The van der Waals surface area contributed by atoms with Gasteiger partial charge in [0, 0.05) is 45.1 Å². The summed E-state index contributed by atoms with van der Waals surface area (Å²) in [7, 11) is 1.80. The van der Waals surface area contributed by atoms with E-state index in [2.05, 4.69) is 41.7 Å². The van der Waals surface area contributed by atoms with Crippen LogP contribution in [0.5, 0.6) is 0 Å². The van der Waals surface area contributed by atoms with Crippen molar-refractivity contribution in [2.24, 2.45) is 5.92 Å². The largest absolute Gasteiger partial charge is 0.339 e. The zero-order chi connectivity index (χ0) is 19.5. The van der Waals surface area contributed by atoms with Crippen LogP contribution in [0.4, 0.5) is 4.79 Å². The number of rotatable bonds is 6. The van der Waals surface area contributed by atoms with E-state index in [1.165, 1.54) is 11.1 Å². The Kier molecular flexibility index (Phi) is 5.33. The molecule has 28 heavy (non-hydrogen) atoms. The summed E-state index contributed by atoms with van der Waals surface area (Å²) in [5, 5.41) is 2.99. The second-order valence-electron chi connectivity index (χ2n) is 7.95. The van der Waals surface area contributed by atoms with Crippen molar-refractivity contribution in [1.29, 1.82) is 0 Å². The summed E-state index contributed by atoms with van der Waals surface area (Å²) < 4.78 is 0. The molecule has 1 aliphatic heterocycles. The molecule has 5 nitrogen and oxygen atoms in total. The fourth-order valence-corrected chi connectivity index (χ4v) is 3.83. The smallest absolute Gasteiger partial charge is 0.317 e. The van der Waals surface area contributed by atoms with Crippen LogP contribution in [0.2, 0.25) is 0 Å². The molecule has 0 aromatic heterocycles. The molecule has 1 saturated heterocycles. The topological polar surface area (TPSA) is 52.7 Å². The molecule has 146 valence electrons. The molecule has 0 unspecified atom stereocenters. The summed E-state index contributed by atoms with van der Waals surface area (Å²) in [6.45, 7) is 1.90. The lowest BCUT2D eigenvalue weighted by atomic mass is 10.0. The average Bonchev–Trinajstić information content (AvgIpc) is 3.49. The zero-order valence-electron chi connectivity index (χ0n) is 16.3. The molecule has 1 atom stereocenters. The molecule has 1 heterocycles. The molecule has 5 heteroatoms. The van der Waals surface area contributed by atoms with E-state index in [4.69, 9.17) is 0 Å². The average molecular weight is 377 g/mol. The van der Waals surface area contributed by atoms with Gasteiger partial charge < -0.3 is 15.1 Å². The third-order valence-corrected chi connectivity index (χ3v) is 5.60. The molecule has 1 aliphatic carbocycles. The lowest BCUT2D eigenvalue weighted by Crippen LogP contribution is -2.39. The van der Waals surface area contributed by atoms with E-state index in [1.54, 1.807) is 11.9 Å². The maximum absolute atomic E-state index is 12.4. The number of hydrogen-bond acceptors (Lipinski definition) is 2. The molecule has 0 spiro atoms. The van der Waals surface area contributed by atoms with Gasteiger partial charge in [0.25, 0.3) is 0 Å². The van der Waals surface area contributed by atoms with Crippen LogP contribution in [0.15, 0.2) is 54.6 Å². The molecular formula is C23H27N3O2. The first-order chi connectivity index (χ1) is 13.6. The third kappa shape index (κ3) is 4.35. The summed E-state index contributed by atoms with van der Waals surface area (Å²) in [6.07, 6.45) is 2.83. The number of urea groups is 1. The Bertz CT molecular complexity index is 831. The highest BCUT2D eigenvalue weighted by molar-refractivity contribution is 5.79. The van der Waals surface area contributed by atoms with Gasteiger partial charge in [-0.2, -0.15) is 0 Å². The van der Waals surface area contributed by atoms with E-state index >= 15 is 0 Å². The number of hydrogen-bond donors (Lipinski definition) is 1. The Morgan fingerprint density at radius 3 is 2.43 bits per heavy atom. The van der Waals surface area contributed by atoms with Crippen LogP contribution in [-0.4, -0.2) is 47.9 Å². The first-order valence-electron chi connectivity index (χ1n) is 10.0. The van der Waals surface area contributed by atoms with Gasteiger partial charge >= 0.3 is 6.03 Å². The first-order valence-corrected chi connectivity index (χ1v) is 10.0. The number of likely N-dealkylation sites (tertiary alicyclic amines) is 1. The minimum absolute atomic E-state index is 0.0931. The fraction of sp³-hybridized carbons (Fsp3) is 0.391. The highest BCUT2D eigenvalue weighted by Gasteiger charge is 2.39. The van der Waals surface area contributed by atoms with E-state index < -0.39 is 0 Å². The van der Waals surface area contributed by atoms with Gasteiger partial charge in [0.15, 0.2) is 0 Å². The summed E-state index contributed by atoms with van der Waals surface area (Å²) in [5.41, 5.74) is 3.45. The Balaban J connectivity index is 1.26. The number of carbonyl (C=O) groups is 2. The molecule has 2 aromatic carbocycles. The van der Waals surface area contributed by atoms with Gasteiger partial charge in [0.1, 0.15) is 0 Å². The lowest BCUT2D eigenvalue weighted by Gasteiger charge is -2.20. The molecule has 1 saturated carbocycles. The van der Waals surface area contributed by atoms with Crippen molar-refractivity contribution < 1.29 is 9.59 Å². The van der Waals surface area contributed by atoms with Crippen molar-refractivity contribution in [3.8, 4) is 11.1 Å². The molecule has 1 N–H and O–H groups in total. The van der Waals surface area contributed by atoms with E-state index in [0.717, 1.165) is 24.9 Å². The van der Waals surface area contributed by atoms with Crippen molar-refractivity contribution in [3.05, 3.63) is 60.2 Å². The van der Waals surface area contributed by atoms with Gasteiger partial charge in [-0.25, -0.2) is 4.79 Å². The fourth-order valence-electron chi connectivity index (χ4n) is 3.83. The predicted molar refractivity (Wildman–Crippen MR) is 110 cm³/mol. The minimum Gasteiger partial charge on any atom is -0.339 e. The lowest BCUT2D eigenvalue weighted by molar-refractivity contribution is -0.128. The minimum atomic E-state index is -0.0931. The first kappa shape index (κ1) is 18.5. The molecule has 3 amide bonds. The number of amides is 3. The van der Waals surface area contributed by atoms with Crippen molar-refractivity contribution in [2.45, 2.75) is 31.8 Å². The standard InChI is InChI=1S/C23H27N3O2/c1-25(15-17-7-9-20(10-8-17)19-5-3-2-4-6-19)23(28)24-14-18-13-22(27)26(16-18)21-11-12-21/h2-10,18,21H,11-16H2,1H3,(H,24,28)/t18-/m1/s1. The van der Waals surface area contributed by atoms with Gasteiger partial charge in [-0.3, -0.25) is 4.79 Å². The molecule has 2 aromatic rings. The second-order valence-corrected chi connectivity index (χ2v) is 7.95. The van der Waals surface area contributed by atoms with Gasteiger partial charge in [-0.1, -0.05) is 54.6 Å². The monoisotopic (exact) mass is 377 g/mol. The zero-order valence-corrected chi connectivity index (χ0v) is 16.3. The number of benzene rings is 2. The summed E-state index contributed by atoms with van der Waals surface area (Å²) >= 11 is 0. The van der Waals surface area contributed by atoms with Crippen LogP contribution in [-0.2, 0) is 11.3 Å². The van der Waals surface area contributed by atoms with Crippen LogP contribution in [0.3, 0.4) is 0 Å². The highest BCUT2D eigenvalue weighted by Crippen LogP contribution is 2.32. The maximum atomic E-state index is 12.4. The van der Waals surface area contributed by atoms with Crippen molar-refractivity contribution in [2.75, 3.05) is 20.1 Å². The van der Waals surface area contributed by atoms with Gasteiger partial charge in [-0.15, -0.1) is 0 Å². The molecule has 2 fully saturated rings. The Hall–Kier alpha value is -2.82.